The maximum atomic E-state index is 12.7. The fourth-order valence-electron chi connectivity index (χ4n) is 2.95. The minimum atomic E-state index is -0.499. The molecule has 2 aromatic carbocycles. The predicted molar refractivity (Wildman–Crippen MR) is 99.8 cm³/mol. The van der Waals surface area contributed by atoms with Crippen molar-refractivity contribution in [3.8, 4) is 11.5 Å². The van der Waals surface area contributed by atoms with E-state index in [0.29, 0.717) is 47.6 Å². The Morgan fingerprint density at radius 2 is 1.81 bits per heavy atom. The quantitative estimate of drug-likeness (QED) is 0.900. The first-order chi connectivity index (χ1) is 12.7. The summed E-state index contributed by atoms with van der Waals surface area (Å²) in [5.74, 6) is 2.05. The molecule has 1 N–H and O–H groups in total. The van der Waals surface area contributed by atoms with E-state index in [1.165, 1.54) is 0 Å². The van der Waals surface area contributed by atoms with Gasteiger partial charge in [-0.1, -0.05) is 18.2 Å². The van der Waals surface area contributed by atoms with Gasteiger partial charge in [0.25, 0.3) is 5.91 Å². The summed E-state index contributed by atoms with van der Waals surface area (Å²) in [5.41, 5.74) is 1.22. The number of nitrogens with one attached hydrogen (secondary N) is 1. The second kappa shape index (κ2) is 7.29. The topological polar surface area (TPSA) is 67.9 Å². The highest BCUT2D eigenvalue weighted by atomic mass is 32.2. The number of carbonyl (C=O) groups excluding carboxylic acids is 2. The van der Waals surface area contributed by atoms with Gasteiger partial charge in [-0.25, -0.2) is 0 Å². The molecule has 1 saturated heterocycles. The van der Waals surface area contributed by atoms with Crippen LogP contribution in [0.4, 0.5) is 5.69 Å². The van der Waals surface area contributed by atoms with Crippen LogP contribution in [0, 0.1) is 0 Å². The van der Waals surface area contributed by atoms with Crippen LogP contribution in [0.3, 0.4) is 0 Å². The van der Waals surface area contributed by atoms with E-state index in [0.717, 1.165) is 0 Å². The minimum Gasteiger partial charge on any atom is -0.486 e. The molecule has 2 aromatic rings. The molecule has 2 aliphatic heterocycles. The molecular weight excluding hydrogens is 352 g/mol. The normalized spacial score (nSPS) is 18.5. The number of hydrogen-bond acceptors (Lipinski definition) is 5. The van der Waals surface area contributed by atoms with Crippen molar-refractivity contribution >= 4 is 29.3 Å². The van der Waals surface area contributed by atoms with Crippen LogP contribution in [0.2, 0.25) is 0 Å². The summed E-state index contributed by atoms with van der Waals surface area (Å²) in [6, 6.07) is 13.8. The first kappa shape index (κ1) is 16.8. The molecular formula is C19H18N2O4S. The number of ether oxygens (including phenoxy) is 2. The average Bonchev–Trinajstić information content (AvgIpc) is 3.18. The van der Waals surface area contributed by atoms with Gasteiger partial charge in [0.15, 0.2) is 11.5 Å². The number of thioether (sulfide) groups is 1. The number of amides is 2. The van der Waals surface area contributed by atoms with Crippen molar-refractivity contribution < 1.29 is 19.1 Å². The van der Waals surface area contributed by atoms with Crippen LogP contribution in [0.25, 0.3) is 0 Å². The number of rotatable bonds is 3. The van der Waals surface area contributed by atoms with Gasteiger partial charge in [-0.15, -0.1) is 11.8 Å². The van der Waals surface area contributed by atoms with Gasteiger partial charge in [0.2, 0.25) is 5.91 Å². The van der Waals surface area contributed by atoms with E-state index in [4.69, 9.17) is 9.47 Å². The lowest BCUT2D eigenvalue weighted by molar-refractivity contribution is -0.119. The Bertz CT molecular complexity index is 828. The third-order valence-electron chi connectivity index (χ3n) is 4.28. The molecule has 2 heterocycles. The maximum Gasteiger partial charge on any atom is 0.255 e. The lowest BCUT2D eigenvalue weighted by atomic mass is 10.1. The summed E-state index contributed by atoms with van der Waals surface area (Å²) in [5, 5.41) is 2.89. The van der Waals surface area contributed by atoms with Gasteiger partial charge in [0, 0.05) is 23.1 Å². The van der Waals surface area contributed by atoms with Crippen molar-refractivity contribution in [1.29, 1.82) is 0 Å². The number of fused-ring (bicyclic) bond motifs is 1. The zero-order chi connectivity index (χ0) is 17.9. The Balaban J connectivity index is 1.48. The third kappa shape index (κ3) is 3.35. The first-order valence-electron chi connectivity index (χ1n) is 8.36. The third-order valence-corrected chi connectivity index (χ3v) is 5.29. The van der Waals surface area contributed by atoms with E-state index in [1.807, 2.05) is 18.2 Å². The molecule has 1 unspecified atom stereocenters. The molecule has 0 aliphatic carbocycles. The number of benzene rings is 2. The smallest absolute Gasteiger partial charge is 0.255 e. The van der Waals surface area contributed by atoms with Crippen molar-refractivity contribution in [1.82, 2.24) is 4.90 Å². The Hall–Kier alpha value is -2.67. The summed E-state index contributed by atoms with van der Waals surface area (Å²) in [6.45, 7) is 1.01. The van der Waals surface area contributed by atoms with Crippen LogP contribution in [-0.2, 0) is 4.79 Å². The lowest BCUT2D eigenvalue weighted by Crippen LogP contribution is -2.44. The van der Waals surface area contributed by atoms with Gasteiger partial charge in [-0.05, 0) is 24.3 Å². The maximum absolute atomic E-state index is 12.7. The van der Waals surface area contributed by atoms with E-state index in [-0.39, 0.29) is 11.8 Å². The molecule has 0 aromatic heterocycles. The van der Waals surface area contributed by atoms with Crippen molar-refractivity contribution in [2.45, 2.75) is 6.04 Å². The average molecular weight is 370 g/mol. The van der Waals surface area contributed by atoms with Crippen LogP contribution in [0.5, 0.6) is 11.5 Å². The van der Waals surface area contributed by atoms with E-state index in [9.17, 15) is 9.59 Å². The SMILES string of the molecule is O=C(Nc1ccc2c(c1)OCCO2)C1CSCN1C(=O)c1ccccc1. The molecule has 0 spiro atoms. The molecule has 2 aliphatic rings. The van der Waals surface area contributed by atoms with Crippen LogP contribution in [0.15, 0.2) is 48.5 Å². The Morgan fingerprint density at radius 1 is 1.04 bits per heavy atom. The van der Waals surface area contributed by atoms with Gasteiger partial charge in [-0.3, -0.25) is 9.59 Å². The van der Waals surface area contributed by atoms with Gasteiger partial charge in [0.05, 0.1) is 5.88 Å². The second-order valence-electron chi connectivity index (χ2n) is 6.00. The summed E-state index contributed by atoms with van der Waals surface area (Å²) in [7, 11) is 0. The van der Waals surface area contributed by atoms with Crippen molar-refractivity contribution in [3.05, 3.63) is 54.1 Å². The molecule has 2 amide bonds. The molecule has 1 fully saturated rings. The van der Waals surface area contributed by atoms with Gasteiger partial charge < -0.3 is 19.7 Å². The summed E-state index contributed by atoms with van der Waals surface area (Å²) >= 11 is 1.57. The van der Waals surface area contributed by atoms with Gasteiger partial charge >= 0.3 is 0 Å². The number of hydrogen-bond donors (Lipinski definition) is 1. The molecule has 26 heavy (non-hydrogen) atoms. The first-order valence-corrected chi connectivity index (χ1v) is 9.52. The predicted octanol–water partition coefficient (Wildman–Crippen LogP) is 2.61. The van der Waals surface area contributed by atoms with Crippen molar-refractivity contribution in [2.75, 3.05) is 30.2 Å². The standard InChI is InChI=1S/C19H18N2O4S/c22-18(20-14-6-7-16-17(10-14)25-9-8-24-16)15-11-26-12-21(15)19(23)13-4-2-1-3-5-13/h1-7,10,15H,8-9,11-12H2,(H,20,22). The fraction of sp³-hybridized carbons (Fsp3) is 0.263. The lowest BCUT2D eigenvalue weighted by Gasteiger charge is -2.24. The van der Waals surface area contributed by atoms with E-state index in [2.05, 4.69) is 5.32 Å². The number of nitrogens with zero attached hydrogens (tertiary/aromatic N) is 1. The molecule has 6 nitrogen and oxygen atoms in total. The van der Waals surface area contributed by atoms with Crippen molar-refractivity contribution in [2.24, 2.45) is 0 Å². The molecule has 0 saturated carbocycles. The Morgan fingerprint density at radius 3 is 2.62 bits per heavy atom. The van der Waals surface area contributed by atoms with Crippen LogP contribution in [0.1, 0.15) is 10.4 Å². The molecule has 134 valence electrons. The molecule has 7 heteroatoms. The van der Waals surface area contributed by atoms with Crippen LogP contribution < -0.4 is 14.8 Å². The largest absolute Gasteiger partial charge is 0.486 e. The monoisotopic (exact) mass is 370 g/mol. The Labute approximate surface area is 155 Å². The van der Waals surface area contributed by atoms with E-state index < -0.39 is 6.04 Å². The highest BCUT2D eigenvalue weighted by Gasteiger charge is 2.35. The second-order valence-corrected chi connectivity index (χ2v) is 7.00. The number of anilines is 1. The fourth-order valence-corrected chi connectivity index (χ4v) is 4.11. The minimum absolute atomic E-state index is 0.127. The zero-order valence-corrected chi connectivity index (χ0v) is 14.8. The highest BCUT2D eigenvalue weighted by molar-refractivity contribution is 7.99. The summed E-state index contributed by atoms with van der Waals surface area (Å²) < 4.78 is 11.0. The van der Waals surface area contributed by atoms with E-state index in [1.54, 1.807) is 47.0 Å². The summed E-state index contributed by atoms with van der Waals surface area (Å²) in [4.78, 5) is 27.1. The van der Waals surface area contributed by atoms with Crippen molar-refractivity contribution in [3.63, 3.8) is 0 Å². The summed E-state index contributed by atoms with van der Waals surface area (Å²) in [6.07, 6.45) is 0. The molecule has 4 rings (SSSR count). The van der Waals surface area contributed by atoms with Crippen LogP contribution >= 0.6 is 11.8 Å². The van der Waals surface area contributed by atoms with Crippen LogP contribution in [-0.4, -0.2) is 47.6 Å². The Kier molecular flexibility index (Phi) is 4.71. The van der Waals surface area contributed by atoms with E-state index >= 15 is 0 Å². The molecule has 0 radical (unpaired) electrons. The highest BCUT2D eigenvalue weighted by Crippen LogP contribution is 2.33. The number of carbonyl (C=O) groups is 2. The zero-order valence-electron chi connectivity index (χ0n) is 14.0. The van der Waals surface area contributed by atoms with Gasteiger partial charge in [0.1, 0.15) is 19.3 Å². The van der Waals surface area contributed by atoms with Gasteiger partial charge in [-0.2, -0.15) is 0 Å². The molecule has 1 atom stereocenters. The molecule has 0 bridgehead atoms.